The van der Waals surface area contributed by atoms with E-state index in [-0.39, 0.29) is 0 Å². The molecular weight excluding hydrogens is 232 g/mol. The standard InChI is InChI=1S/C17H22N2/c18-11-10-14-12-17(13-6-2-1-3-7-13)19-16-9-5-4-8-15(14)16/h4-5,8-9,12-13H,1-3,6-7,10-11,18H2. The van der Waals surface area contributed by atoms with E-state index in [0.717, 1.165) is 11.9 Å². The lowest BCUT2D eigenvalue weighted by Crippen LogP contribution is -2.09. The van der Waals surface area contributed by atoms with Crippen LogP contribution in [0.5, 0.6) is 0 Å². The van der Waals surface area contributed by atoms with Crippen LogP contribution >= 0.6 is 0 Å². The van der Waals surface area contributed by atoms with Gasteiger partial charge in [-0.05, 0) is 43.5 Å². The summed E-state index contributed by atoms with van der Waals surface area (Å²) in [5, 5.41) is 1.27. The van der Waals surface area contributed by atoms with E-state index in [1.165, 1.54) is 48.7 Å². The maximum Gasteiger partial charge on any atom is 0.0708 e. The van der Waals surface area contributed by atoms with Crippen molar-refractivity contribution in [2.45, 2.75) is 44.4 Å². The summed E-state index contributed by atoms with van der Waals surface area (Å²) in [6.07, 6.45) is 7.64. The fraction of sp³-hybridized carbons (Fsp3) is 0.471. The van der Waals surface area contributed by atoms with E-state index < -0.39 is 0 Å². The Morgan fingerprint density at radius 3 is 2.68 bits per heavy atom. The Hall–Kier alpha value is -1.41. The summed E-state index contributed by atoms with van der Waals surface area (Å²) >= 11 is 0. The number of benzene rings is 1. The molecule has 19 heavy (non-hydrogen) atoms. The molecule has 1 heterocycles. The van der Waals surface area contributed by atoms with Crippen LogP contribution in [0.4, 0.5) is 0 Å². The minimum atomic E-state index is 0.662. The van der Waals surface area contributed by atoms with Gasteiger partial charge in [0.1, 0.15) is 0 Å². The van der Waals surface area contributed by atoms with E-state index in [0.29, 0.717) is 12.5 Å². The van der Waals surface area contributed by atoms with Gasteiger partial charge in [0.25, 0.3) is 0 Å². The van der Waals surface area contributed by atoms with E-state index in [4.69, 9.17) is 10.7 Å². The Kier molecular flexibility index (Phi) is 3.79. The number of hydrogen-bond donors (Lipinski definition) is 1. The van der Waals surface area contributed by atoms with Gasteiger partial charge in [-0.15, -0.1) is 0 Å². The minimum absolute atomic E-state index is 0.662. The molecule has 1 saturated carbocycles. The Labute approximate surface area is 115 Å². The molecule has 0 unspecified atom stereocenters. The van der Waals surface area contributed by atoms with E-state index in [1.54, 1.807) is 0 Å². The van der Waals surface area contributed by atoms with Gasteiger partial charge in [0.15, 0.2) is 0 Å². The van der Waals surface area contributed by atoms with Crippen LogP contribution in [-0.2, 0) is 6.42 Å². The third-order valence-electron chi connectivity index (χ3n) is 4.26. The Morgan fingerprint density at radius 2 is 1.89 bits per heavy atom. The van der Waals surface area contributed by atoms with Crippen LogP contribution in [0.1, 0.15) is 49.3 Å². The molecule has 3 rings (SSSR count). The number of aromatic nitrogens is 1. The van der Waals surface area contributed by atoms with Gasteiger partial charge >= 0.3 is 0 Å². The van der Waals surface area contributed by atoms with E-state index >= 15 is 0 Å². The topological polar surface area (TPSA) is 38.9 Å². The molecule has 0 aliphatic heterocycles. The molecule has 0 bridgehead atoms. The van der Waals surface area contributed by atoms with Crippen LogP contribution in [0.3, 0.4) is 0 Å². The molecule has 2 N–H and O–H groups in total. The maximum absolute atomic E-state index is 5.76. The van der Waals surface area contributed by atoms with Gasteiger partial charge in [-0.2, -0.15) is 0 Å². The van der Waals surface area contributed by atoms with Gasteiger partial charge in [0, 0.05) is 17.0 Å². The molecule has 100 valence electrons. The normalized spacial score (nSPS) is 16.9. The molecule has 2 nitrogen and oxygen atoms in total. The van der Waals surface area contributed by atoms with Gasteiger partial charge in [-0.1, -0.05) is 37.5 Å². The third kappa shape index (κ3) is 2.64. The number of pyridine rings is 1. The molecule has 2 heteroatoms. The lowest BCUT2D eigenvalue weighted by molar-refractivity contribution is 0.437. The number of nitrogens with two attached hydrogens (primary N) is 1. The molecule has 1 aromatic heterocycles. The highest BCUT2D eigenvalue weighted by Crippen LogP contribution is 2.33. The van der Waals surface area contributed by atoms with Crippen molar-refractivity contribution in [3.63, 3.8) is 0 Å². The summed E-state index contributed by atoms with van der Waals surface area (Å²) in [6.45, 7) is 0.706. The number of hydrogen-bond acceptors (Lipinski definition) is 2. The number of fused-ring (bicyclic) bond motifs is 1. The molecule has 1 aromatic carbocycles. The average molecular weight is 254 g/mol. The van der Waals surface area contributed by atoms with Crippen molar-refractivity contribution in [2.24, 2.45) is 5.73 Å². The van der Waals surface area contributed by atoms with Crippen LogP contribution < -0.4 is 5.73 Å². The van der Waals surface area contributed by atoms with Gasteiger partial charge in [-0.3, -0.25) is 4.98 Å². The van der Waals surface area contributed by atoms with Crippen LogP contribution in [0.15, 0.2) is 30.3 Å². The van der Waals surface area contributed by atoms with Crippen molar-refractivity contribution in [2.75, 3.05) is 6.54 Å². The van der Waals surface area contributed by atoms with Crippen molar-refractivity contribution in [1.29, 1.82) is 0 Å². The summed E-state index contributed by atoms with van der Waals surface area (Å²) in [5.41, 5.74) is 9.56. The van der Waals surface area contributed by atoms with Crippen molar-refractivity contribution in [3.05, 3.63) is 41.6 Å². The molecule has 1 aliphatic carbocycles. The van der Waals surface area contributed by atoms with Gasteiger partial charge < -0.3 is 5.73 Å². The van der Waals surface area contributed by atoms with Crippen LogP contribution in [-0.4, -0.2) is 11.5 Å². The highest BCUT2D eigenvalue weighted by Gasteiger charge is 2.18. The number of rotatable bonds is 3. The molecule has 0 atom stereocenters. The van der Waals surface area contributed by atoms with Crippen LogP contribution in [0.2, 0.25) is 0 Å². The van der Waals surface area contributed by atoms with Crippen LogP contribution in [0.25, 0.3) is 10.9 Å². The Morgan fingerprint density at radius 1 is 1.11 bits per heavy atom. The minimum Gasteiger partial charge on any atom is -0.330 e. The van der Waals surface area contributed by atoms with E-state index in [2.05, 4.69) is 30.3 Å². The SMILES string of the molecule is NCCc1cc(C2CCCCC2)nc2ccccc12. The summed E-state index contributed by atoms with van der Waals surface area (Å²) in [4.78, 5) is 4.90. The fourth-order valence-corrected chi connectivity index (χ4v) is 3.24. The first-order chi connectivity index (χ1) is 9.38. The molecule has 1 aliphatic rings. The number of nitrogens with zero attached hydrogens (tertiary/aromatic N) is 1. The van der Waals surface area contributed by atoms with Crippen molar-refractivity contribution in [1.82, 2.24) is 4.98 Å². The number of para-hydroxylation sites is 1. The first-order valence-corrected chi connectivity index (χ1v) is 7.47. The summed E-state index contributed by atoms with van der Waals surface area (Å²) in [7, 11) is 0. The summed E-state index contributed by atoms with van der Waals surface area (Å²) in [5.74, 6) is 0.662. The second-order valence-corrected chi connectivity index (χ2v) is 5.60. The molecule has 0 spiro atoms. The zero-order valence-corrected chi connectivity index (χ0v) is 11.4. The zero-order valence-electron chi connectivity index (χ0n) is 11.4. The van der Waals surface area contributed by atoms with Gasteiger partial charge in [0.2, 0.25) is 0 Å². The lowest BCUT2D eigenvalue weighted by atomic mass is 9.85. The molecule has 0 saturated heterocycles. The predicted octanol–water partition coefficient (Wildman–Crippen LogP) is 3.78. The first kappa shape index (κ1) is 12.6. The van der Waals surface area contributed by atoms with E-state index in [1.807, 2.05) is 0 Å². The van der Waals surface area contributed by atoms with Crippen LogP contribution in [0, 0.1) is 0 Å². The second kappa shape index (κ2) is 5.70. The lowest BCUT2D eigenvalue weighted by Gasteiger charge is -2.22. The molecule has 0 radical (unpaired) electrons. The molecular formula is C17H22N2. The van der Waals surface area contributed by atoms with Crippen molar-refractivity contribution in [3.8, 4) is 0 Å². The second-order valence-electron chi connectivity index (χ2n) is 5.60. The maximum atomic E-state index is 5.76. The first-order valence-electron chi connectivity index (χ1n) is 7.47. The summed E-state index contributed by atoms with van der Waals surface area (Å²) in [6, 6.07) is 10.8. The van der Waals surface area contributed by atoms with Crippen molar-refractivity contribution < 1.29 is 0 Å². The summed E-state index contributed by atoms with van der Waals surface area (Å²) < 4.78 is 0. The third-order valence-corrected chi connectivity index (χ3v) is 4.26. The van der Waals surface area contributed by atoms with Gasteiger partial charge in [0.05, 0.1) is 5.52 Å². The highest BCUT2D eigenvalue weighted by atomic mass is 14.7. The molecule has 0 amide bonds. The Balaban J connectivity index is 2.04. The Bertz CT molecular complexity index is 556. The quantitative estimate of drug-likeness (QED) is 0.905. The largest absolute Gasteiger partial charge is 0.330 e. The highest BCUT2D eigenvalue weighted by molar-refractivity contribution is 5.82. The molecule has 2 aromatic rings. The van der Waals surface area contributed by atoms with Gasteiger partial charge in [-0.25, -0.2) is 0 Å². The molecule has 1 fully saturated rings. The monoisotopic (exact) mass is 254 g/mol. The average Bonchev–Trinajstić information content (AvgIpc) is 2.48. The van der Waals surface area contributed by atoms with Crippen molar-refractivity contribution >= 4 is 10.9 Å². The smallest absolute Gasteiger partial charge is 0.0708 e. The predicted molar refractivity (Wildman–Crippen MR) is 80.3 cm³/mol. The fourth-order valence-electron chi connectivity index (χ4n) is 3.24. The van der Waals surface area contributed by atoms with E-state index in [9.17, 15) is 0 Å². The zero-order chi connectivity index (χ0) is 13.1.